The molecular weight excluding hydrogens is 358 g/mol. The van der Waals surface area contributed by atoms with E-state index in [4.69, 9.17) is 17.3 Å². The number of carbonyl (C=O) groups excluding carboxylic acids is 1. The molecule has 0 fully saturated rings. The van der Waals surface area contributed by atoms with Crippen molar-refractivity contribution in [3.05, 3.63) is 95.0 Å². The van der Waals surface area contributed by atoms with Gasteiger partial charge in [0.1, 0.15) is 0 Å². The lowest BCUT2D eigenvalue weighted by molar-refractivity contribution is -0.129. The van der Waals surface area contributed by atoms with Gasteiger partial charge in [-0.25, -0.2) is 4.99 Å². The van der Waals surface area contributed by atoms with Crippen molar-refractivity contribution >= 4 is 23.5 Å². The molecule has 27 heavy (non-hydrogen) atoms. The van der Waals surface area contributed by atoms with Crippen LogP contribution in [-0.4, -0.2) is 23.8 Å². The Kier molecular flexibility index (Phi) is 4.21. The highest BCUT2D eigenvalue weighted by Gasteiger charge is 2.49. The zero-order valence-corrected chi connectivity index (χ0v) is 15.5. The van der Waals surface area contributed by atoms with Gasteiger partial charge in [0.25, 0.3) is 5.91 Å². The van der Waals surface area contributed by atoms with Gasteiger partial charge in [0.05, 0.1) is 0 Å². The van der Waals surface area contributed by atoms with Crippen molar-refractivity contribution in [3.63, 3.8) is 0 Å². The molecule has 1 aliphatic heterocycles. The second-order valence-electron chi connectivity index (χ2n) is 6.50. The molecule has 1 aliphatic rings. The maximum absolute atomic E-state index is 13.3. The lowest BCUT2D eigenvalue weighted by Crippen LogP contribution is -2.41. The van der Waals surface area contributed by atoms with Gasteiger partial charge in [0.2, 0.25) is 0 Å². The molecule has 5 heteroatoms. The molecule has 0 saturated carbocycles. The number of nitrogens with zero attached hydrogens (tertiary/aromatic N) is 2. The van der Waals surface area contributed by atoms with Gasteiger partial charge < -0.3 is 5.73 Å². The molecule has 0 spiro atoms. The highest BCUT2D eigenvalue weighted by Crippen LogP contribution is 2.40. The van der Waals surface area contributed by atoms with E-state index in [1.165, 1.54) is 4.90 Å². The molecule has 0 saturated heterocycles. The third kappa shape index (κ3) is 2.78. The fourth-order valence-electron chi connectivity index (χ4n) is 3.46. The quantitative estimate of drug-likeness (QED) is 0.751. The first-order valence-electron chi connectivity index (χ1n) is 8.58. The fraction of sp³-hybridized carbons (Fsp3) is 0.0909. The van der Waals surface area contributed by atoms with Gasteiger partial charge in [-0.05, 0) is 40.5 Å². The summed E-state index contributed by atoms with van der Waals surface area (Å²) in [5.74, 6) is 0.0338. The molecule has 0 aromatic heterocycles. The number of amides is 1. The van der Waals surface area contributed by atoms with Gasteiger partial charge in [0, 0.05) is 12.1 Å². The summed E-state index contributed by atoms with van der Waals surface area (Å²) in [7, 11) is 1.65. The monoisotopic (exact) mass is 375 g/mol. The van der Waals surface area contributed by atoms with Crippen LogP contribution in [0.3, 0.4) is 0 Å². The molecule has 1 atom stereocenters. The van der Waals surface area contributed by atoms with E-state index in [-0.39, 0.29) is 11.9 Å². The standard InChI is InChI=1S/C22H18ClN3O/c1-26-20(27)22(25-21(26)24,17-9-3-2-4-10-17)18-11-5-7-15(13-18)16-8-6-12-19(23)14-16/h2-14H,1H3,(H2,24,25)/t22-/m1/s1. The minimum atomic E-state index is -1.19. The Morgan fingerprint density at radius 1 is 0.889 bits per heavy atom. The maximum atomic E-state index is 13.3. The van der Waals surface area contributed by atoms with E-state index in [0.717, 1.165) is 22.3 Å². The van der Waals surface area contributed by atoms with E-state index in [0.29, 0.717) is 5.02 Å². The second kappa shape index (κ2) is 6.56. The van der Waals surface area contributed by atoms with Crippen molar-refractivity contribution in [2.45, 2.75) is 5.54 Å². The molecule has 1 heterocycles. The number of aliphatic imine (C=N–C) groups is 1. The number of hydrogen-bond donors (Lipinski definition) is 1. The first-order chi connectivity index (χ1) is 13.0. The summed E-state index contributed by atoms with van der Waals surface area (Å²) in [5, 5.41) is 0.662. The van der Waals surface area contributed by atoms with E-state index in [1.807, 2.05) is 78.9 Å². The topological polar surface area (TPSA) is 58.7 Å². The third-order valence-electron chi connectivity index (χ3n) is 4.87. The van der Waals surface area contributed by atoms with Crippen LogP contribution in [-0.2, 0) is 10.3 Å². The summed E-state index contributed by atoms with van der Waals surface area (Å²) in [6.07, 6.45) is 0. The Morgan fingerprint density at radius 3 is 2.15 bits per heavy atom. The molecule has 1 amide bonds. The Hall–Kier alpha value is -3.11. The van der Waals surface area contributed by atoms with Crippen LogP contribution < -0.4 is 5.73 Å². The van der Waals surface area contributed by atoms with Gasteiger partial charge in [0.15, 0.2) is 11.5 Å². The summed E-state index contributed by atoms with van der Waals surface area (Å²) in [5.41, 5.74) is 8.32. The van der Waals surface area contributed by atoms with Crippen LogP contribution in [0.2, 0.25) is 5.02 Å². The zero-order valence-electron chi connectivity index (χ0n) is 14.8. The number of rotatable bonds is 3. The average molecular weight is 376 g/mol. The van der Waals surface area contributed by atoms with Gasteiger partial charge in [-0.15, -0.1) is 0 Å². The maximum Gasteiger partial charge on any atom is 0.266 e. The lowest BCUT2D eigenvalue weighted by Gasteiger charge is -2.26. The van der Waals surface area contributed by atoms with E-state index >= 15 is 0 Å². The molecule has 0 bridgehead atoms. The van der Waals surface area contributed by atoms with Crippen LogP contribution in [0.5, 0.6) is 0 Å². The van der Waals surface area contributed by atoms with Crippen molar-refractivity contribution in [3.8, 4) is 11.1 Å². The highest BCUT2D eigenvalue weighted by molar-refractivity contribution is 6.30. The highest BCUT2D eigenvalue weighted by atomic mass is 35.5. The minimum absolute atomic E-state index is 0.172. The first kappa shape index (κ1) is 17.3. The Morgan fingerprint density at radius 2 is 1.52 bits per heavy atom. The Balaban J connectivity index is 1.93. The van der Waals surface area contributed by atoms with Gasteiger partial charge in [-0.2, -0.15) is 0 Å². The number of benzene rings is 3. The van der Waals surface area contributed by atoms with E-state index in [9.17, 15) is 4.79 Å². The fourth-order valence-corrected chi connectivity index (χ4v) is 3.65. The summed E-state index contributed by atoms with van der Waals surface area (Å²) in [4.78, 5) is 19.3. The Labute approximate surface area is 162 Å². The van der Waals surface area contributed by atoms with Gasteiger partial charge >= 0.3 is 0 Å². The van der Waals surface area contributed by atoms with Crippen molar-refractivity contribution in [2.24, 2.45) is 10.7 Å². The predicted molar refractivity (Wildman–Crippen MR) is 109 cm³/mol. The molecule has 134 valence electrons. The second-order valence-corrected chi connectivity index (χ2v) is 6.94. The summed E-state index contributed by atoms with van der Waals surface area (Å²) < 4.78 is 0. The van der Waals surface area contributed by atoms with Crippen molar-refractivity contribution in [2.75, 3.05) is 7.05 Å². The lowest BCUT2D eigenvalue weighted by atomic mass is 9.82. The summed E-state index contributed by atoms with van der Waals surface area (Å²) in [6, 6.07) is 24.9. The van der Waals surface area contributed by atoms with Gasteiger partial charge in [-0.1, -0.05) is 72.3 Å². The number of nitrogens with two attached hydrogens (primary N) is 1. The number of halogens is 1. The van der Waals surface area contributed by atoms with Crippen LogP contribution >= 0.6 is 11.6 Å². The van der Waals surface area contributed by atoms with E-state index in [1.54, 1.807) is 7.05 Å². The van der Waals surface area contributed by atoms with E-state index < -0.39 is 5.54 Å². The van der Waals surface area contributed by atoms with E-state index in [2.05, 4.69) is 4.99 Å². The molecule has 0 radical (unpaired) electrons. The van der Waals surface area contributed by atoms with Gasteiger partial charge in [-0.3, -0.25) is 9.69 Å². The number of carbonyl (C=O) groups is 1. The average Bonchev–Trinajstić information content (AvgIpc) is 2.94. The van der Waals surface area contributed by atoms with Crippen molar-refractivity contribution in [1.29, 1.82) is 0 Å². The number of likely N-dealkylation sites (N-methyl/N-ethyl adjacent to an activating group) is 1. The summed E-state index contributed by atoms with van der Waals surface area (Å²) >= 11 is 6.15. The Bertz CT molecular complexity index is 1050. The molecule has 2 N–H and O–H groups in total. The number of hydrogen-bond acceptors (Lipinski definition) is 3. The largest absolute Gasteiger partial charge is 0.369 e. The molecule has 4 rings (SSSR count). The molecule has 3 aromatic carbocycles. The number of guanidine groups is 1. The normalized spacial score (nSPS) is 19.3. The first-order valence-corrected chi connectivity index (χ1v) is 8.95. The zero-order chi connectivity index (χ0) is 19.0. The smallest absolute Gasteiger partial charge is 0.266 e. The molecule has 3 aromatic rings. The SMILES string of the molecule is CN1C(=O)[C@@](c2ccccc2)(c2cccc(-c3cccc(Cl)c3)c2)N=C1N. The van der Waals surface area contributed by atoms with Crippen LogP contribution in [0.15, 0.2) is 83.9 Å². The van der Waals surface area contributed by atoms with Crippen LogP contribution in [0.1, 0.15) is 11.1 Å². The molecule has 0 unspecified atom stereocenters. The predicted octanol–water partition coefficient (Wildman–Crippen LogP) is 4.04. The van der Waals surface area contributed by atoms with Crippen LogP contribution in [0.25, 0.3) is 11.1 Å². The minimum Gasteiger partial charge on any atom is -0.369 e. The molecule has 0 aliphatic carbocycles. The molecule has 4 nitrogen and oxygen atoms in total. The third-order valence-corrected chi connectivity index (χ3v) is 5.11. The molecular formula is C22H18ClN3O. The van der Waals surface area contributed by atoms with Crippen LogP contribution in [0.4, 0.5) is 0 Å². The van der Waals surface area contributed by atoms with Crippen LogP contribution in [0, 0.1) is 0 Å². The summed E-state index contributed by atoms with van der Waals surface area (Å²) in [6.45, 7) is 0. The van der Waals surface area contributed by atoms with Crippen molar-refractivity contribution < 1.29 is 4.79 Å². The van der Waals surface area contributed by atoms with Crippen molar-refractivity contribution in [1.82, 2.24) is 4.90 Å².